The van der Waals surface area contributed by atoms with Crippen LogP contribution >= 0.6 is 0 Å². The van der Waals surface area contributed by atoms with Gasteiger partial charge in [-0.05, 0) is 73.1 Å². The molecule has 4 N–H and O–H groups in total. The highest BCUT2D eigenvalue weighted by molar-refractivity contribution is 5.94. The van der Waals surface area contributed by atoms with Crippen LogP contribution in [0.5, 0.6) is 5.75 Å². The molecule has 1 aliphatic carbocycles. The van der Waals surface area contributed by atoms with Gasteiger partial charge < -0.3 is 30.3 Å². The first-order valence-corrected chi connectivity index (χ1v) is 11.9. The Bertz CT molecular complexity index is 907. The van der Waals surface area contributed by atoms with Crippen LogP contribution in [0.2, 0.25) is 0 Å². The highest BCUT2D eigenvalue weighted by atomic mass is 16.5. The Hall–Kier alpha value is -2.45. The van der Waals surface area contributed by atoms with Gasteiger partial charge in [0.15, 0.2) is 0 Å². The number of aryl methyl sites for hydroxylation is 1. The molecule has 0 unspecified atom stereocenters. The maximum Gasteiger partial charge on any atom is 0.251 e. The molecule has 1 aliphatic heterocycles. The number of benzene rings is 2. The molecule has 0 spiro atoms. The van der Waals surface area contributed by atoms with Crippen LogP contribution in [0.1, 0.15) is 46.3 Å². The molecule has 2 aromatic rings. The first-order chi connectivity index (χ1) is 16.1. The SMILES string of the molecule is O=C(N[C@H]1CCc2cc(CNC(CO)CO)ccc2C1)c1ccc(OC[C@@H]2CCCO2)cc1. The van der Waals surface area contributed by atoms with Crippen molar-refractivity contribution in [2.24, 2.45) is 0 Å². The number of carbonyl (C=O) groups is 1. The number of hydrogen-bond donors (Lipinski definition) is 4. The Morgan fingerprint density at radius 1 is 1.09 bits per heavy atom. The minimum Gasteiger partial charge on any atom is -0.491 e. The summed E-state index contributed by atoms with van der Waals surface area (Å²) in [6.07, 6.45) is 4.92. The van der Waals surface area contributed by atoms with Gasteiger partial charge in [-0.3, -0.25) is 4.79 Å². The van der Waals surface area contributed by atoms with Crippen LogP contribution in [-0.4, -0.2) is 60.7 Å². The summed E-state index contributed by atoms with van der Waals surface area (Å²) in [6, 6.07) is 13.5. The summed E-state index contributed by atoms with van der Waals surface area (Å²) < 4.78 is 11.4. The van der Waals surface area contributed by atoms with Crippen LogP contribution in [0.15, 0.2) is 42.5 Å². The van der Waals surface area contributed by atoms with Crippen LogP contribution in [-0.2, 0) is 24.1 Å². The van der Waals surface area contributed by atoms with Crippen molar-refractivity contribution in [3.05, 3.63) is 64.7 Å². The van der Waals surface area contributed by atoms with E-state index in [4.69, 9.17) is 9.47 Å². The van der Waals surface area contributed by atoms with Crippen molar-refractivity contribution in [3.63, 3.8) is 0 Å². The van der Waals surface area contributed by atoms with Crippen LogP contribution in [0.25, 0.3) is 0 Å². The molecule has 1 heterocycles. The van der Waals surface area contributed by atoms with E-state index >= 15 is 0 Å². The van der Waals surface area contributed by atoms with E-state index in [9.17, 15) is 15.0 Å². The standard InChI is InChI=1S/C26H34N2O5/c29-15-23(16-30)27-14-18-3-4-21-13-22(8-5-20(21)12-18)28-26(31)19-6-9-24(10-7-19)33-17-25-2-1-11-32-25/h3-4,6-7,9-10,12,22-23,25,27,29-30H,1-2,5,8,11,13-17H2,(H,28,31)/t22-,25-/m0/s1. The molecular weight excluding hydrogens is 420 g/mol. The summed E-state index contributed by atoms with van der Waals surface area (Å²) in [5.74, 6) is 0.692. The average molecular weight is 455 g/mol. The number of ether oxygens (including phenoxy) is 2. The number of hydrogen-bond acceptors (Lipinski definition) is 6. The lowest BCUT2D eigenvalue weighted by atomic mass is 9.87. The van der Waals surface area contributed by atoms with E-state index in [2.05, 4.69) is 28.8 Å². The van der Waals surface area contributed by atoms with E-state index in [1.54, 1.807) is 0 Å². The molecule has 0 radical (unpaired) electrons. The minimum absolute atomic E-state index is 0.0611. The smallest absolute Gasteiger partial charge is 0.251 e. The van der Waals surface area contributed by atoms with Gasteiger partial charge in [0.1, 0.15) is 12.4 Å². The van der Waals surface area contributed by atoms with E-state index in [1.165, 1.54) is 11.1 Å². The summed E-state index contributed by atoms with van der Waals surface area (Å²) in [4.78, 5) is 12.7. The predicted molar refractivity (Wildman–Crippen MR) is 125 cm³/mol. The third-order valence-electron chi connectivity index (χ3n) is 6.45. The molecule has 2 atom stereocenters. The van der Waals surface area contributed by atoms with Crippen molar-refractivity contribution in [1.82, 2.24) is 10.6 Å². The summed E-state index contributed by atoms with van der Waals surface area (Å²) >= 11 is 0. The van der Waals surface area contributed by atoms with E-state index in [1.807, 2.05) is 24.3 Å². The molecule has 0 saturated carbocycles. The van der Waals surface area contributed by atoms with Gasteiger partial charge in [-0.2, -0.15) is 0 Å². The Morgan fingerprint density at radius 2 is 1.91 bits per heavy atom. The number of amides is 1. The molecule has 4 rings (SSSR count). The Kier molecular flexibility index (Phi) is 8.34. The molecular formula is C26H34N2O5. The molecule has 33 heavy (non-hydrogen) atoms. The third-order valence-corrected chi connectivity index (χ3v) is 6.45. The number of fused-ring (bicyclic) bond motifs is 1. The number of aliphatic hydroxyl groups is 2. The maximum absolute atomic E-state index is 12.7. The highest BCUT2D eigenvalue weighted by Gasteiger charge is 2.21. The van der Waals surface area contributed by atoms with Crippen LogP contribution < -0.4 is 15.4 Å². The fraction of sp³-hybridized carbons (Fsp3) is 0.500. The predicted octanol–water partition coefficient (Wildman–Crippen LogP) is 1.97. The normalized spacial score (nSPS) is 20.0. The fourth-order valence-corrected chi connectivity index (χ4v) is 4.43. The van der Waals surface area contributed by atoms with Gasteiger partial charge in [0.05, 0.1) is 25.4 Å². The van der Waals surface area contributed by atoms with Gasteiger partial charge >= 0.3 is 0 Å². The number of aliphatic hydroxyl groups excluding tert-OH is 2. The molecule has 1 fully saturated rings. The second-order valence-electron chi connectivity index (χ2n) is 8.93. The van der Waals surface area contributed by atoms with Crippen LogP contribution in [0, 0.1) is 0 Å². The molecule has 0 aromatic heterocycles. The second-order valence-corrected chi connectivity index (χ2v) is 8.93. The molecule has 7 heteroatoms. The summed E-state index contributed by atoms with van der Waals surface area (Å²) in [5.41, 5.74) is 4.32. The number of rotatable bonds is 10. The fourth-order valence-electron chi connectivity index (χ4n) is 4.43. The van der Waals surface area contributed by atoms with E-state index < -0.39 is 0 Å². The zero-order valence-corrected chi connectivity index (χ0v) is 19.0. The molecule has 2 aromatic carbocycles. The quantitative estimate of drug-likeness (QED) is 0.438. The van der Waals surface area contributed by atoms with Crippen molar-refractivity contribution in [2.45, 2.75) is 56.8 Å². The lowest BCUT2D eigenvalue weighted by molar-refractivity contribution is 0.0679. The van der Waals surface area contributed by atoms with Gasteiger partial charge in [-0.25, -0.2) is 0 Å². The summed E-state index contributed by atoms with van der Waals surface area (Å²) in [7, 11) is 0. The first-order valence-electron chi connectivity index (χ1n) is 11.9. The Balaban J connectivity index is 1.26. The molecule has 7 nitrogen and oxygen atoms in total. The highest BCUT2D eigenvalue weighted by Crippen LogP contribution is 2.23. The zero-order chi connectivity index (χ0) is 23.0. The van der Waals surface area contributed by atoms with Crippen molar-refractivity contribution in [2.75, 3.05) is 26.4 Å². The third kappa shape index (κ3) is 6.54. The minimum atomic E-state index is -0.303. The lowest BCUT2D eigenvalue weighted by Gasteiger charge is -2.26. The Morgan fingerprint density at radius 3 is 2.64 bits per heavy atom. The van der Waals surface area contributed by atoms with Crippen molar-refractivity contribution < 1.29 is 24.5 Å². The van der Waals surface area contributed by atoms with Crippen molar-refractivity contribution in [3.8, 4) is 5.75 Å². The Labute approximate surface area is 195 Å². The number of nitrogens with one attached hydrogen (secondary N) is 2. The van der Waals surface area contributed by atoms with E-state index in [0.717, 1.165) is 50.0 Å². The molecule has 2 aliphatic rings. The molecule has 1 amide bonds. The van der Waals surface area contributed by atoms with Gasteiger partial charge in [0, 0.05) is 24.8 Å². The number of carbonyl (C=O) groups excluding carboxylic acids is 1. The van der Waals surface area contributed by atoms with E-state index in [-0.39, 0.29) is 37.3 Å². The zero-order valence-electron chi connectivity index (χ0n) is 19.0. The van der Waals surface area contributed by atoms with Crippen LogP contribution in [0.3, 0.4) is 0 Å². The van der Waals surface area contributed by atoms with Crippen molar-refractivity contribution in [1.29, 1.82) is 0 Å². The summed E-state index contributed by atoms with van der Waals surface area (Å²) in [5, 5.41) is 24.7. The molecule has 0 bridgehead atoms. The maximum atomic E-state index is 12.7. The molecule has 1 saturated heterocycles. The van der Waals surface area contributed by atoms with Gasteiger partial charge in [-0.1, -0.05) is 18.2 Å². The monoisotopic (exact) mass is 454 g/mol. The lowest BCUT2D eigenvalue weighted by Crippen LogP contribution is -2.39. The molecule has 178 valence electrons. The van der Waals surface area contributed by atoms with Crippen LogP contribution in [0.4, 0.5) is 0 Å². The average Bonchev–Trinajstić information content (AvgIpc) is 3.37. The first kappa shape index (κ1) is 23.7. The summed E-state index contributed by atoms with van der Waals surface area (Å²) in [6.45, 7) is 1.79. The van der Waals surface area contributed by atoms with Gasteiger partial charge in [0.2, 0.25) is 0 Å². The van der Waals surface area contributed by atoms with E-state index in [0.29, 0.717) is 18.7 Å². The second kappa shape index (κ2) is 11.6. The topological polar surface area (TPSA) is 100 Å². The van der Waals surface area contributed by atoms with Gasteiger partial charge in [0.25, 0.3) is 5.91 Å². The van der Waals surface area contributed by atoms with Crippen molar-refractivity contribution >= 4 is 5.91 Å². The largest absolute Gasteiger partial charge is 0.491 e. The van der Waals surface area contributed by atoms with Gasteiger partial charge in [-0.15, -0.1) is 0 Å².